The van der Waals surface area contributed by atoms with Gasteiger partial charge in [0.15, 0.2) is 0 Å². The van der Waals surface area contributed by atoms with Gasteiger partial charge in [0.1, 0.15) is 11.5 Å². The Labute approximate surface area is 300 Å². The Hall–Kier alpha value is -4.85. The first-order valence-corrected chi connectivity index (χ1v) is 17.2. The fraction of sp³-hybridized carbons (Fsp3) is 0.306. The molecule has 0 radical (unpaired) electrons. The van der Waals surface area contributed by atoms with E-state index in [2.05, 4.69) is 37.0 Å². The second-order valence-corrected chi connectivity index (χ2v) is 13.9. The summed E-state index contributed by atoms with van der Waals surface area (Å²) < 4.78 is 34.6. The Bertz CT molecular complexity index is 2300. The first kappa shape index (κ1) is 33.3. The van der Waals surface area contributed by atoms with Gasteiger partial charge < -0.3 is 20.7 Å². The number of carbonyl (C=O) groups excluding carboxylic acids is 1. The summed E-state index contributed by atoms with van der Waals surface area (Å²) in [4.78, 5) is 36.4. The van der Waals surface area contributed by atoms with Crippen LogP contribution >= 0.6 is 23.2 Å². The number of rotatable bonds is 7. The third-order valence-electron chi connectivity index (χ3n) is 10.1. The predicted molar refractivity (Wildman–Crippen MR) is 191 cm³/mol. The molecule has 8 rings (SSSR count). The van der Waals surface area contributed by atoms with Crippen LogP contribution in [0.15, 0.2) is 59.5 Å². The minimum atomic E-state index is -2.87. The number of likely N-dealkylation sites (tertiary alicyclic amines) is 1. The van der Waals surface area contributed by atoms with Crippen molar-refractivity contribution in [3.63, 3.8) is 0 Å². The molecule has 0 saturated carbocycles. The highest BCUT2D eigenvalue weighted by Gasteiger charge is 2.46. The molecule has 3 aromatic heterocycles. The summed E-state index contributed by atoms with van der Waals surface area (Å²) in [5.74, 6) is 0.475. The van der Waals surface area contributed by atoms with Crippen LogP contribution in [0.2, 0.25) is 10.0 Å². The maximum atomic E-state index is 13.8. The molecule has 2 aliphatic heterocycles. The molecule has 2 saturated heterocycles. The average Bonchev–Trinajstić information content (AvgIpc) is 3.84. The molecule has 2 atom stereocenters. The number of benzene rings is 2. The number of anilines is 2. The van der Waals surface area contributed by atoms with E-state index in [-0.39, 0.29) is 39.2 Å². The maximum Gasteiger partial charge on any atom is 0.315 e. The van der Waals surface area contributed by atoms with E-state index in [0.717, 1.165) is 54.2 Å². The zero-order chi connectivity index (χ0) is 35.6. The lowest BCUT2D eigenvalue weighted by Crippen LogP contribution is -2.46. The topological polar surface area (TPSA) is 126 Å². The summed E-state index contributed by atoms with van der Waals surface area (Å²) in [6, 6.07) is 14.0. The van der Waals surface area contributed by atoms with E-state index in [9.17, 15) is 18.4 Å². The Morgan fingerprint density at radius 3 is 2.57 bits per heavy atom. The van der Waals surface area contributed by atoms with E-state index < -0.39 is 17.7 Å². The molecule has 1 spiro atoms. The molecule has 51 heavy (non-hydrogen) atoms. The van der Waals surface area contributed by atoms with Crippen molar-refractivity contribution in [2.24, 2.45) is 7.05 Å². The van der Waals surface area contributed by atoms with Gasteiger partial charge in [0.25, 0.3) is 12.0 Å². The monoisotopic (exact) mass is 732 g/mol. The second kappa shape index (κ2) is 12.7. The summed E-state index contributed by atoms with van der Waals surface area (Å²) in [7, 11) is 3.09. The molecule has 0 unspecified atom stereocenters. The number of hydrogen-bond donors (Lipinski definition) is 3. The first-order valence-electron chi connectivity index (χ1n) is 16.4. The number of carbonyl (C=O) groups is 1. The van der Waals surface area contributed by atoms with Crippen LogP contribution in [-0.2, 0) is 13.5 Å². The van der Waals surface area contributed by atoms with E-state index in [1.165, 1.54) is 13.2 Å². The lowest BCUT2D eigenvalue weighted by molar-refractivity contribution is 0.146. The molecular weight excluding hydrogens is 701 g/mol. The van der Waals surface area contributed by atoms with Crippen LogP contribution < -0.4 is 26.2 Å². The molecule has 2 aromatic carbocycles. The van der Waals surface area contributed by atoms with Gasteiger partial charge in [-0.1, -0.05) is 53.5 Å². The smallest absolute Gasteiger partial charge is 0.315 e. The predicted octanol–water partition coefficient (Wildman–Crippen LogP) is 6.80. The summed E-state index contributed by atoms with van der Waals surface area (Å²) in [6.45, 7) is 2.23. The van der Waals surface area contributed by atoms with Crippen LogP contribution in [0.25, 0.3) is 33.2 Å². The lowest BCUT2D eigenvalue weighted by atomic mass is 9.99. The normalized spacial score (nSPS) is 19.9. The number of amides is 2. The minimum absolute atomic E-state index is 0.0637. The molecule has 0 bridgehead atoms. The lowest BCUT2D eigenvalue weighted by Gasteiger charge is -2.28. The van der Waals surface area contributed by atoms with Crippen molar-refractivity contribution in [2.45, 2.75) is 37.3 Å². The van der Waals surface area contributed by atoms with Gasteiger partial charge in [-0.05, 0) is 43.0 Å². The third kappa shape index (κ3) is 5.73. The van der Waals surface area contributed by atoms with Crippen molar-refractivity contribution in [2.75, 3.05) is 32.1 Å². The Kier molecular flexibility index (Phi) is 8.31. The standard InChI is InChI=1S/C36H32Cl2F2N8O3/c1-47-34(49)28-19(15-42-47)14-25(31(39)40)44-32(28)43-23-8-4-6-21(30(23)38)20-5-3-7-22(29(20)37)24-13-18-9-10-26(27(18)33(45-24)51-2)48-12-11-36(17-48)16-41-35(50)46-36/h3-8,13-15,26,31H,9-12,16-17H2,1-2H3,(H,43,44)(H2,41,46,50)/t26-,36-/m0/s1. The highest BCUT2D eigenvalue weighted by Crippen LogP contribution is 2.47. The fourth-order valence-electron chi connectivity index (χ4n) is 7.62. The van der Waals surface area contributed by atoms with Gasteiger partial charge in [-0.2, -0.15) is 5.10 Å². The second-order valence-electron chi connectivity index (χ2n) is 13.1. The summed E-state index contributed by atoms with van der Waals surface area (Å²) in [6.07, 6.45) is 1.09. The van der Waals surface area contributed by atoms with Gasteiger partial charge in [0.05, 0.1) is 45.7 Å². The van der Waals surface area contributed by atoms with Gasteiger partial charge in [-0.25, -0.2) is 28.2 Å². The molecule has 15 heteroatoms. The van der Waals surface area contributed by atoms with Gasteiger partial charge in [-0.3, -0.25) is 9.69 Å². The molecular formula is C36H32Cl2F2N8O3. The summed E-state index contributed by atoms with van der Waals surface area (Å²) in [5.41, 5.74) is 3.81. The van der Waals surface area contributed by atoms with E-state index in [1.54, 1.807) is 25.3 Å². The number of aryl methyl sites for hydroxylation is 2. The van der Waals surface area contributed by atoms with Crippen molar-refractivity contribution in [3.05, 3.63) is 91.9 Å². The fourth-order valence-corrected chi connectivity index (χ4v) is 8.22. The van der Waals surface area contributed by atoms with Gasteiger partial charge in [0, 0.05) is 60.4 Å². The van der Waals surface area contributed by atoms with Crippen molar-refractivity contribution >= 4 is 51.5 Å². The number of fused-ring (bicyclic) bond motifs is 2. The van der Waals surface area contributed by atoms with Crippen molar-refractivity contribution in [1.29, 1.82) is 0 Å². The largest absolute Gasteiger partial charge is 0.481 e. The Morgan fingerprint density at radius 1 is 1.06 bits per heavy atom. The van der Waals surface area contributed by atoms with E-state index in [4.69, 9.17) is 32.9 Å². The van der Waals surface area contributed by atoms with Gasteiger partial charge in [-0.15, -0.1) is 0 Å². The van der Waals surface area contributed by atoms with Crippen molar-refractivity contribution in [3.8, 4) is 28.3 Å². The molecule has 262 valence electrons. The van der Waals surface area contributed by atoms with Crippen LogP contribution in [-0.4, -0.2) is 63.0 Å². The summed E-state index contributed by atoms with van der Waals surface area (Å²) in [5, 5.41) is 14.0. The molecule has 5 heterocycles. The molecule has 3 N–H and O–H groups in total. The molecule has 11 nitrogen and oxygen atoms in total. The van der Waals surface area contributed by atoms with E-state index >= 15 is 0 Å². The number of nitrogens with zero attached hydrogens (tertiary/aromatic N) is 5. The zero-order valence-electron chi connectivity index (χ0n) is 27.6. The molecule has 3 aliphatic rings. The third-order valence-corrected chi connectivity index (χ3v) is 10.9. The molecule has 2 fully saturated rings. The zero-order valence-corrected chi connectivity index (χ0v) is 29.1. The highest BCUT2D eigenvalue weighted by atomic mass is 35.5. The number of methoxy groups -OCH3 is 1. The average molecular weight is 734 g/mol. The molecule has 2 amide bonds. The Morgan fingerprint density at radius 2 is 1.82 bits per heavy atom. The number of alkyl halides is 2. The molecule has 1 aliphatic carbocycles. The minimum Gasteiger partial charge on any atom is -0.481 e. The van der Waals surface area contributed by atoms with Crippen LogP contribution in [0, 0.1) is 0 Å². The van der Waals surface area contributed by atoms with Crippen LogP contribution in [0.5, 0.6) is 5.88 Å². The quantitative estimate of drug-likeness (QED) is 0.167. The first-order chi connectivity index (χ1) is 24.6. The number of pyridine rings is 2. The van der Waals surface area contributed by atoms with E-state index in [0.29, 0.717) is 45.5 Å². The number of aromatic nitrogens is 4. The van der Waals surface area contributed by atoms with Crippen molar-refractivity contribution < 1.29 is 18.3 Å². The number of urea groups is 1. The van der Waals surface area contributed by atoms with Crippen molar-refractivity contribution in [1.82, 2.24) is 35.3 Å². The van der Waals surface area contributed by atoms with Crippen LogP contribution in [0.4, 0.5) is 25.1 Å². The summed E-state index contributed by atoms with van der Waals surface area (Å²) >= 11 is 14.1. The van der Waals surface area contributed by atoms with Crippen LogP contribution in [0.1, 0.15) is 42.1 Å². The molecule has 5 aromatic rings. The maximum absolute atomic E-state index is 13.8. The van der Waals surface area contributed by atoms with E-state index in [1.807, 2.05) is 18.2 Å². The Balaban J connectivity index is 1.13. The number of ether oxygens (including phenoxy) is 1. The number of halogens is 4. The number of hydrogen-bond acceptors (Lipinski definition) is 8. The van der Waals surface area contributed by atoms with Gasteiger partial charge in [0.2, 0.25) is 5.88 Å². The number of nitrogens with one attached hydrogen (secondary N) is 3. The highest BCUT2D eigenvalue weighted by molar-refractivity contribution is 6.39. The van der Waals surface area contributed by atoms with Gasteiger partial charge >= 0.3 is 6.03 Å². The SMILES string of the molecule is COc1nc(-c2cccc(-c3cccc(Nc4nc(C(F)F)cc5cnn(C)c(=O)c45)c3Cl)c2Cl)cc2c1[C@@H](N1CC[C@]3(CNC(=O)N3)C1)CC2. The van der Waals surface area contributed by atoms with Crippen LogP contribution in [0.3, 0.4) is 0 Å².